The number of carboxylic acid groups (broad SMARTS) is 1. The van der Waals surface area contributed by atoms with Crippen molar-refractivity contribution in [3.05, 3.63) is 16.6 Å². The molecule has 1 rings (SSSR count). The third kappa shape index (κ3) is 3.03. The first-order valence-electron chi connectivity index (χ1n) is 5.45. The molecule has 17 heavy (non-hydrogen) atoms. The van der Waals surface area contributed by atoms with Gasteiger partial charge in [-0.3, -0.25) is 9.59 Å². The summed E-state index contributed by atoms with van der Waals surface area (Å²) in [5.41, 5.74) is 1.02. The Labute approximate surface area is 104 Å². The number of amides is 1. The van der Waals surface area contributed by atoms with Crippen molar-refractivity contribution in [1.82, 2.24) is 10.3 Å². The number of nitrogens with zero attached hydrogens (tertiary/aromatic N) is 1. The molecule has 0 spiro atoms. The Morgan fingerprint density at radius 3 is 2.53 bits per heavy atom. The fraction of sp³-hybridized carbons (Fsp3) is 0.545. The van der Waals surface area contributed by atoms with Crippen molar-refractivity contribution >= 4 is 23.2 Å². The summed E-state index contributed by atoms with van der Waals surface area (Å²) in [6.07, 6.45) is 0.965. The van der Waals surface area contributed by atoms with Gasteiger partial charge in [0.15, 0.2) is 0 Å². The van der Waals surface area contributed by atoms with Crippen LogP contribution in [-0.2, 0) is 4.79 Å². The number of carboxylic acids is 1. The molecule has 0 unspecified atom stereocenters. The van der Waals surface area contributed by atoms with Crippen LogP contribution in [0, 0.1) is 5.41 Å². The molecule has 0 aliphatic carbocycles. The Morgan fingerprint density at radius 2 is 2.12 bits per heavy atom. The minimum Gasteiger partial charge on any atom is -0.481 e. The monoisotopic (exact) mass is 256 g/mol. The summed E-state index contributed by atoms with van der Waals surface area (Å²) in [5, 5.41) is 13.5. The van der Waals surface area contributed by atoms with E-state index in [0.717, 1.165) is 0 Å². The van der Waals surface area contributed by atoms with Gasteiger partial charge in [0.2, 0.25) is 0 Å². The van der Waals surface area contributed by atoms with E-state index in [1.54, 1.807) is 10.9 Å². The van der Waals surface area contributed by atoms with Crippen LogP contribution >= 0.6 is 11.3 Å². The summed E-state index contributed by atoms with van der Waals surface area (Å²) in [6.45, 7) is 3.75. The molecule has 0 fully saturated rings. The lowest BCUT2D eigenvalue weighted by molar-refractivity contribution is -0.149. The Kier molecular flexibility index (Phi) is 4.62. The van der Waals surface area contributed by atoms with Gasteiger partial charge in [-0.1, -0.05) is 13.8 Å². The molecule has 5 nitrogen and oxygen atoms in total. The maximum Gasteiger partial charge on any atom is 0.311 e. The minimum absolute atomic E-state index is 0.131. The molecule has 0 saturated carbocycles. The lowest BCUT2D eigenvalue weighted by atomic mass is 9.82. The van der Waals surface area contributed by atoms with Crippen LogP contribution in [-0.4, -0.2) is 28.5 Å². The molecule has 0 bridgehead atoms. The van der Waals surface area contributed by atoms with E-state index in [-0.39, 0.29) is 12.5 Å². The van der Waals surface area contributed by atoms with Crippen LogP contribution in [0.5, 0.6) is 0 Å². The third-order valence-electron chi connectivity index (χ3n) is 3.06. The Morgan fingerprint density at radius 1 is 1.47 bits per heavy atom. The number of aliphatic carboxylic acids is 1. The van der Waals surface area contributed by atoms with E-state index in [4.69, 9.17) is 0 Å². The summed E-state index contributed by atoms with van der Waals surface area (Å²) < 4.78 is 0. The topological polar surface area (TPSA) is 79.3 Å². The lowest BCUT2D eigenvalue weighted by Gasteiger charge is -2.26. The molecule has 94 valence electrons. The second kappa shape index (κ2) is 5.77. The van der Waals surface area contributed by atoms with Crippen LogP contribution in [0.15, 0.2) is 10.9 Å². The van der Waals surface area contributed by atoms with Gasteiger partial charge in [0.25, 0.3) is 5.91 Å². The average Bonchev–Trinajstić information content (AvgIpc) is 2.84. The first kappa shape index (κ1) is 13.6. The largest absolute Gasteiger partial charge is 0.481 e. The van der Waals surface area contributed by atoms with Crippen LogP contribution in [0.1, 0.15) is 37.2 Å². The van der Waals surface area contributed by atoms with E-state index < -0.39 is 11.4 Å². The van der Waals surface area contributed by atoms with Gasteiger partial charge in [-0.25, -0.2) is 4.98 Å². The van der Waals surface area contributed by atoms with Crippen LogP contribution in [0.3, 0.4) is 0 Å². The molecule has 0 aromatic carbocycles. The summed E-state index contributed by atoms with van der Waals surface area (Å²) in [6, 6.07) is 0. The molecule has 2 N–H and O–H groups in total. The standard InChI is InChI=1S/C11H16N2O3S/c1-3-11(4-2,10(15)16)6-12-9(14)8-5-17-7-13-8/h5,7H,3-4,6H2,1-2H3,(H,12,14)(H,15,16). The van der Waals surface area contributed by atoms with E-state index in [9.17, 15) is 14.7 Å². The Hall–Kier alpha value is -1.43. The molecule has 6 heteroatoms. The number of thiazole rings is 1. The number of nitrogens with one attached hydrogen (secondary N) is 1. The van der Waals surface area contributed by atoms with Gasteiger partial charge in [-0.05, 0) is 12.8 Å². The van der Waals surface area contributed by atoms with Crippen molar-refractivity contribution in [2.45, 2.75) is 26.7 Å². The molecular weight excluding hydrogens is 240 g/mol. The van der Waals surface area contributed by atoms with Crippen LogP contribution in [0.2, 0.25) is 0 Å². The highest BCUT2D eigenvalue weighted by molar-refractivity contribution is 7.07. The first-order valence-corrected chi connectivity index (χ1v) is 6.39. The molecule has 0 aliphatic rings. The summed E-state index contributed by atoms with van der Waals surface area (Å²) in [7, 11) is 0. The second-order valence-corrected chi connectivity index (χ2v) is 4.57. The molecule has 0 atom stereocenters. The van der Waals surface area contributed by atoms with Gasteiger partial charge in [-0.15, -0.1) is 11.3 Å². The molecule has 0 aliphatic heterocycles. The van der Waals surface area contributed by atoms with Gasteiger partial charge < -0.3 is 10.4 Å². The maximum absolute atomic E-state index is 11.6. The summed E-state index contributed by atoms with van der Waals surface area (Å²) >= 11 is 1.33. The van der Waals surface area contributed by atoms with Crippen LogP contribution in [0.4, 0.5) is 0 Å². The zero-order chi connectivity index (χ0) is 12.9. The normalized spacial score (nSPS) is 11.2. The van der Waals surface area contributed by atoms with Crippen LogP contribution < -0.4 is 5.32 Å². The minimum atomic E-state index is -0.883. The van der Waals surface area contributed by atoms with Crippen molar-refractivity contribution in [3.8, 4) is 0 Å². The quantitative estimate of drug-likeness (QED) is 0.813. The maximum atomic E-state index is 11.6. The molecule has 1 aromatic rings. The third-order valence-corrected chi connectivity index (χ3v) is 3.65. The zero-order valence-electron chi connectivity index (χ0n) is 9.90. The fourth-order valence-electron chi connectivity index (χ4n) is 1.54. The number of carbonyl (C=O) groups is 2. The summed E-state index contributed by atoms with van der Waals surface area (Å²) in [4.78, 5) is 26.7. The lowest BCUT2D eigenvalue weighted by Crippen LogP contribution is -2.42. The van der Waals surface area contributed by atoms with E-state index in [2.05, 4.69) is 10.3 Å². The van der Waals surface area contributed by atoms with Crippen molar-refractivity contribution < 1.29 is 14.7 Å². The second-order valence-electron chi connectivity index (χ2n) is 3.85. The average molecular weight is 256 g/mol. The van der Waals surface area contributed by atoms with Crippen molar-refractivity contribution in [3.63, 3.8) is 0 Å². The Bertz CT molecular complexity index is 385. The predicted octanol–water partition coefficient (Wildman–Crippen LogP) is 1.76. The highest BCUT2D eigenvalue weighted by atomic mass is 32.1. The van der Waals surface area contributed by atoms with E-state index in [0.29, 0.717) is 18.5 Å². The molecule has 1 heterocycles. The molecular formula is C11H16N2O3S. The highest BCUT2D eigenvalue weighted by Crippen LogP contribution is 2.25. The molecule has 0 saturated heterocycles. The van der Waals surface area contributed by atoms with E-state index in [1.165, 1.54) is 11.3 Å². The predicted molar refractivity (Wildman–Crippen MR) is 65.1 cm³/mol. The molecule has 1 amide bonds. The molecule has 1 aromatic heterocycles. The van der Waals surface area contributed by atoms with Crippen molar-refractivity contribution in [1.29, 1.82) is 0 Å². The highest BCUT2D eigenvalue weighted by Gasteiger charge is 2.35. The zero-order valence-corrected chi connectivity index (χ0v) is 10.7. The van der Waals surface area contributed by atoms with Gasteiger partial charge >= 0.3 is 5.97 Å². The summed E-state index contributed by atoms with van der Waals surface area (Å²) in [5.74, 6) is -1.19. The number of hydrogen-bond acceptors (Lipinski definition) is 4. The van der Waals surface area contributed by atoms with Crippen LogP contribution in [0.25, 0.3) is 0 Å². The SMILES string of the molecule is CCC(CC)(CNC(=O)c1cscn1)C(=O)O. The van der Waals surface area contributed by atoms with Gasteiger partial charge in [0.05, 0.1) is 10.9 Å². The Balaban J connectivity index is 2.65. The van der Waals surface area contributed by atoms with Gasteiger partial charge in [0.1, 0.15) is 5.69 Å². The number of aromatic nitrogens is 1. The smallest absolute Gasteiger partial charge is 0.311 e. The first-order chi connectivity index (χ1) is 8.05. The number of rotatable bonds is 6. The van der Waals surface area contributed by atoms with Crippen molar-refractivity contribution in [2.24, 2.45) is 5.41 Å². The molecule has 0 radical (unpaired) electrons. The van der Waals surface area contributed by atoms with E-state index >= 15 is 0 Å². The number of carbonyl (C=O) groups excluding carboxylic acids is 1. The fourth-order valence-corrected chi connectivity index (χ4v) is 2.07. The van der Waals surface area contributed by atoms with E-state index in [1.807, 2.05) is 13.8 Å². The van der Waals surface area contributed by atoms with Gasteiger partial charge in [-0.2, -0.15) is 0 Å². The van der Waals surface area contributed by atoms with Gasteiger partial charge in [0, 0.05) is 11.9 Å². The van der Waals surface area contributed by atoms with Crippen molar-refractivity contribution in [2.75, 3.05) is 6.54 Å². The number of hydrogen-bond donors (Lipinski definition) is 2.